The summed E-state index contributed by atoms with van der Waals surface area (Å²) in [6, 6.07) is 16.3. The van der Waals surface area contributed by atoms with E-state index in [9.17, 15) is 10.2 Å². The molecule has 2 heterocycles. The monoisotopic (exact) mass is 350 g/mol. The zero-order chi connectivity index (χ0) is 18.3. The Balaban J connectivity index is 1.76. The highest BCUT2D eigenvalue weighted by molar-refractivity contribution is 5.85. The molecular formula is C23H28NO2+. The van der Waals surface area contributed by atoms with Crippen molar-refractivity contribution in [3.8, 4) is 11.5 Å². The summed E-state index contributed by atoms with van der Waals surface area (Å²) in [4.78, 5) is 0. The molecule has 2 fully saturated rings. The van der Waals surface area contributed by atoms with Crippen LogP contribution in [0.2, 0.25) is 0 Å². The number of para-hydroxylation sites is 2. The van der Waals surface area contributed by atoms with Gasteiger partial charge in [-0.2, -0.15) is 0 Å². The molecule has 0 radical (unpaired) electrons. The summed E-state index contributed by atoms with van der Waals surface area (Å²) < 4.78 is 1.15. The van der Waals surface area contributed by atoms with E-state index in [2.05, 4.69) is 20.2 Å². The van der Waals surface area contributed by atoms with E-state index >= 15 is 0 Å². The zero-order valence-electron chi connectivity index (χ0n) is 15.6. The van der Waals surface area contributed by atoms with E-state index in [4.69, 9.17) is 0 Å². The SMILES string of the molecule is C[N+]1(C)[C@H]2CC[C@H]1CC(C=C(c1ccccc1O)c1ccccc1O)C2. The van der Waals surface area contributed by atoms with E-state index in [0.717, 1.165) is 21.2 Å². The Morgan fingerprint density at radius 2 is 1.31 bits per heavy atom. The van der Waals surface area contributed by atoms with Crippen molar-refractivity contribution in [3.05, 3.63) is 65.7 Å². The van der Waals surface area contributed by atoms with Crippen LogP contribution in [0.4, 0.5) is 0 Å². The third-order valence-electron chi connectivity index (χ3n) is 6.66. The summed E-state index contributed by atoms with van der Waals surface area (Å²) in [5.41, 5.74) is 2.53. The van der Waals surface area contributed by atoms with Crippen molar-refractivity contribution < 1.29 is 14.7 Å². The maximum Gasteiger partial charge on any atom is 0.123 e. The highest BCUT2D eigenvalue weighted by Gasteiger charge is 2.48. The molecule has 2 atom stereocenters. The van der Waals surface area contributed by atoms with E-state index < -0.39 is 0 Å². The molecule has 2 aliphatic heterocycles. The molecule has 0 amide bonds. The van der Waals surface area contributed by atoms with Gasteiger partial charge >= 0.3 is 0 Å². The van der Waals surface area contributed by atoms with Gasteiger partial charge in [-0.05, 0) is 23.6 Å². The van der Waals surface area contributed by atoms with Gasteiger partial charge in [0.15, 0.2) is 0 Å². The first-order valence-corrected chi connectivity index (χ1v) is 9.58. The van der Waals surface area contributed by atoms with Crippen molar-refractivity contribution in [3.63, 3.8) is 0 Å². The molecule has 3 heteroatoms. The van der Waals surface area contributed by atoms with Gasteiger partial charge in [-0.15, -0.1) is 0 Å². The largest absolute Gasteiger partial charge is 0.507 e. The first kappa shape index (κ1) is 17.2. The Labute approximate surface area is 155 Å². The van der Waals surface area contributed by atoms with Crippen molar-refractivity contribution in [1.82, 2.24) is 0 Å². The van der Waals surface area contributed by atoms with E-state index in [-0.39, 0.29) is 11.5 Å². The Kier molecular flexibility index (Phi) is 4.28. The lowest BCUT2D eigenvalue weighted by Crippen LogP contribution is -2.54. The molecule has 2 bridgehead atoms. The highest BCUT2D eigenvalue weighted by Crippen LogP contribution is 2.44. The van der Waals surface area contributed by atoms with Crippen molar-refractivity contribution in [2.75, 3.05) is 14.1 Å². The second-order valence-corrected chi connectivity index (χ2v) is 8.36. The number of rotatable bonds is 3. The number of aromatic hydroxyl groups is 2. The minimum absolute atomic E-state index is 0.261. The van der Waals surface area contributed by atoms with Crippen LogP contribution < -0.4 is 0 Å². The number of fused-ring (bicyclic) bond motifs is 2. The molecule has 2 saturated heterocycles. The maximum atomic E-state index is 10.4. The first-order chi connectivity index (χ1) is 12.5. The minimum Gasteiger partial charge on any atom is -0.507 e. The summed E-state index contributed by atoms with van der Waals surface area (Å²) in [6.45, 7) is 0. The summed E-state index contributed by atoms with van der Waals surface area (Å²) in [7, 11) is 4.74. The first-order valence-electron chi connectivity index (χ1n) is 9.58. The molecule has 3 nitrogen and oxygen atoms in total. The predicted octanol–water partition coefficient (Wildman–Crippen LogP) is 4.55. The second-order valence-electron chi connectivity index (χ2n) is 8.36. The number of hydrogen-bond acceptors (Lipinski definition) is 2. The normalized spacial score (nSPS) is 26.5. The summed E-state index contributed by atoms with van der Waals surface area (Å²) >= 11 is 0. The summed E-state index contributed by atoms with van der Waals surface area (Å²) in [5, 5.41) is 20.9. The number of phenols is 2. The van der Waals surface area contributed by atoms with Crippen LogP contribution in [0.3, 0.4) is 0 Å². The van der Waals surface area contributed by atoms with Crippen molar-refractivity contribution in [2.45, 2.75) is 37.8 Å². The van der Waals surface area contributed by atoms with Crippen LogP contribution in [0.15, 0.2) is 54.6 Å². The van der Waals surface area contributed by atoms with E-state index in [1.165, 1.54) is 25.7 Å². The molecule has 26 heavy (non-hydrogen) atoms. The van der Waals surface area contributed by atoms with Crippen LogP contribution in [0.1, 0.15) is 36.8 Å². The number of allylic oxidation sites excluding steroid dienone is 1. The molecule has 4 rings (SSSR count). The van der Waals surface area contributed by atoms with Crippen molar-refractivity contribution >= 4 is 5.57 Å². The Bertz CT molecular complexity index is 776. The molecule has 0 saturated carbocycles. The molecule has 2 aromatic carbocycles. The molecule has 0 aliphatic carbocycles. The van der Waals surface area contributed by atoms with Crippen LogP contribution in [0.25, 0.3) is 5.57 Å². The molecular weight excluding hydrogens is 322 g/mol. The number of nitrogens with zero attached hydrogens (tertiary/aromatic N) is 1. The molecule has 0 spiro atoms. The van der Waals surface area contributed by atoms with Gasteiger partial charge in [0.05, 0.1) is 26.2 Å². The topological polar surface area (TPSA) is 40.5 Å². The molecule has 0 aromatic heterocycles. The molecule has 2 aromatic rings. The summed E-state index contributed by atoms with van der Waals surface area (Å²) in [5.74, 6) is 1.00. The summed E-state index contributed by atoms with van der Waals surface area (Å²) in [6.07, 6.45) is 7.27. The van der Waals surface area contributed by atoms with Crippen LogP contribution in [0.5, 0.6) is 11.5 Å². The number of quaternary nitrogens is 1. The average molecular weight is 350 g/mol. The van der Waals surface area contributed by atoms with Gasteiger partial charge in [0, 0.05) is 36.8 Å². The highest BCUT2D eigenvalue weighted by atomic mass is 16.3. The van der Waals surface area contributed by atoms with Gasteiger partial charge in [0.1, 0.15) is 11.5 Å². The van der Waals surface area contributed by atoms with E-state index in [1.54, 1.807) is 12.1 Å². The lowest BCUT2D eigenvalue weighted by atomic mass is 9.85. The fourth-order valence-corrected chi connectivity index (χ4v) is 5.02. The predicted molar refractivity (Wildman–Crippen MR) is 105 cm³/mol. The fraction of sp³-hybridized carbons (Fsp3) is 0.391. The van der Waals surface area contributed by atoms with Gasteiger partial charge in [0.25, 0.3) is 0 Å². The fourth-order valence-electron chi connectivity index (χ4n) is 5.02. The van der Waals surface area contributed by atoms with E-state index in [1.807, 2.05) is 36.4 Å². The molecule has 2 aliphatic rings. The number of piperidine rings is 1. The Hall–Kier alpha value is -2.26. The Morgan fingerprint density at radius 1 is 0.846 bits per heavy atom. The van der Waals surface area contributed by atoms with Gasteiger partial charge < -0.3 is 14.7 Å². The van der Waals surface area contributed by atoms with Gasteiger partial charge in [-0.25, -0.2) is 0 Å². The lowest BCUT2D eigenvalue weighted by molar-refractivity contribution is -0.931. The Morgan fingerprint density at radius 3 is 1.77 bits per heavy atom. The number of benzene rings is 2. The molecule has 2 N–H and O–H groups in total. The quantitative estimate of drug-likeness (QED) is 0.798. The standard InChI is InChI=1S/C23H27NO2/c1-24(2)17-11-12-18(24)14-16(13-17)15-21(19-7-3-5-9-22(19)25)20-8-4-6-10-23(20)26/h3-10,15-18H,11-14H2,1-2H3,(H-,25,26)/p+1/t17-,18-/m0/s1. The molecule has 0 unspecified atom stereocenters. The van der Waals surface area contributed by atoms with Crippen LogP contribution in [-0.2, 0) is 0 Å². The third-order valence-corrected chi connectivity index (χ3v) is 6.66. The van der Waals surface area contributed by atoms with Crippen LogP contribution in [-0.4, -0.2) is 40.9 Å². The second kappa shape index (κ2) is 6.48. The van der Waals surface area contributed by atoms with Gasteiger partial charge in [-0.3, -0.25) is 0 Å². The van der Waals surface area contributed by atoms with Crippen molar-refractivity contribution in [1.29, 1.82) is 0 Å². The zero-order valence-corrected chi connectivity index (χ0v) is 15.6. The van der Waals surface area contributed by atoms with Gasteiger partial charge in [0.2, 0.25) is 0 Å². The smallest absolute Gasteiger partial charge is 0.123 e. The lowest BCUT2D eigenvalue weighted by Gasteiger charge is -2.44. The minimum atomic E-state index is 0.261. The number of hydrogen-bond donors (Lipinski definition) is 2. The number of phenolic OH excluding ortho intramolecular Hbond substituents is 2. The van der Waals surface area contributed by atoms with Gasteiger partial charge in [-0.1, -0.05) is 42.5 Å². The van der Waals surface area contributed by atoms with Crippen LogP contribution in [0, 0.1) is 5.92 Å². The van der Waals surface area contributed by atoms with Crippen LogP contribution >= 0.6 is 0 Å². The van der Waals surface area contributed by atoms with E-state index in [0.29, 0.717) is 18.0 Å². The third kappa shape index (κ3) is 2.90. The van der Waals surface area contributed by atoms with Crippen molar-refractivity contribution in [2.24, 2.45) is 5.92 Å². The maximum absolute atomic E-state index is 10.4. The average Bonchev–Trinajstić information content (AvgIpc) is 2.78. The molecule has 136 valence electrons.